The molecule has 34 heavy (non-hydrogen) atoms. The third kappa shape index (κ3) is 5.77. The zero-order valence-electron chi connectivity index (χ0n) is 18.3. The second-order valence-electron chi connectivity index (χ2n) is 7.87. The van der Waals surface area contributed by atoms with E-state index in [4.69, 9.17) is 5.26 Å². The maximum absolute atomic E-state index is 12.8. The van der Waals surface area contributed by atoms with Crippen LogP contribution >= 0.6 is 0 Å². The molecule has 0 aliphatic rings. The number of aliphatic hydroxyl groups is 1. The van der Waals surface area contributed by atoms with Gasteiger partial charge >= 0.3 is 0 Å². The molecule has 0 aliphatic heterocycles. The molecule has 1 aromatic heterocycles. The summed E-state index contributed by atoms with van der Waals surface area (Å²) in [5.41, 5.74) is 3.46. The Balaban J connectivity index is 1.30. The second kappa shape index (κ2) is 10.4. The van der Waals surface area contributed by atoms with Gasteiger partial charge in [0.15, 0.2) is 0 Å². The summed E-state index contributed by atoms with van der Waals surface area (Å²) in [6, 6.07) is 25.1. The van der Waals surface area contributed by atoms with Crippen LogP contribution in [-0.2, 0) is 16.4 Å². The molecule has 3 aromatic carbocycles. The zero-order chi connectivity index (χ0) is 24.0. The fourth-order valence-corrected chi connectivity index (χ4v) is 4.59. The molecule has 7 nitrogen and oxygen atoms in total. The predicted molar refractivity (Wildman–Crippen MR) is 132 cm³/mol. The number of nitrogens with zero attached hydrogens (tertiary/aromatic N) is 2. The lowest BCUT2D eigenvalue weighted by Gasteiger charge is -2.13. The second-order valence-corrected chi connectivity index (χ2v) is 9.56. The molecule has 0 fully saturated rings. The van der Waals surface area contributed by atoms with Crippen molar-refractivity contribution in [1.82, 2.24) is 10.3 Å². The van der Waals surface area contributed by atoms with E-state index in [0.717, 1.165) is 16.5 Å². The highest BCUT2D eigenvalue weighted by Crippen LogP contribution is 2.20. The summed E-state index contributed by atoms with van der Waals surface area (Å²) in [7, 11) is -3.75. The van der Waals surface area contributed by atoms with Crippen molar-refractivity contribution in [1.29, 1.82) is 5.26 Å². The van der Waals surface area contributed by atoms with Crippen LogP contribution in [0, 0.1) is 11.3 Å². The molecule has 0 aliphatic carbocycles. The summed E-state index contributed by atoms with van der Waals surface area (Å²) < 4.78 is 28.1. The van der Waals surface area contributed by atoms with Crippen LogP contribution in [-0.4, -0.2) is 31.6 Å². The van der Waals surface area contributed by atoms with Crippen LogP contribution in [0.4, 0.5) is 5.69 Å². The number of nitriles is 1. The van der Waals surface area contributed by atoms with Crippen LogP contribution in [0.25, 0.3) is 10.9 Å². The molecule has 0 saturated carbocycles. The van der Waals surface area contributed by atoms with Crippen LogP contribution in [0.3, 0.4) is 0 Å². The van der Waals surface area contributed by atoms with E-state index in [1.165, 1.54) is 6.20 Å². The summed E-state index contributed by atoms with van der Waals surface area (Å²) in [5.74, 6) is 0. The molecule has 4 aromatic rings. The summed E-state index contributed by atoms with van der Waals surface area (Å²) in [6.07, 6.45) is 1.37. The minimum Gasteiger partial charge on any atom is -0.387 e. The van der Waals surface area contributed by atoms with Crippen LogP contribution in [0.1, 0.15) is 22.8 Å². The number of pyridine rings is 1. The lowest BCUT2D eigenvalue weighted by molar-refractivity contribution is 0.175. The molecule has 0 radical (unpaired) electrons. The Morgan fingerprint density at radius 1 is 1.00 bits per heavy atom. The number of anilines is 1. The fraction of sp³-hybridized carbons (Fsp3) is 0.154. The number of hydrogen-bond donors (Lipinski definition) is 3. The summed E-state index contributed by atoms with van der Waals surface area (Å²) >= 11 is 0. The standard InChI is InChI=1S/C26H24N4O3S/c27-16-20-4-3-6-22(14-20)26(31)18-28-13-12-19-8-10-23(11-9-19)30-34(32,33)24-15-21-5-1-2-7-25(21)29-17-24/h1-11,14-15,17,26,28,30-31H,12-13,18H2. The molecule has 0 spiro atoms. The van der Waals surface area contributed by atoms with Crippen molar-refractivity contribution in [2.45, 2.75) is 17.4 Å². The molecular formula is C26H24N4O3S. The van der Waals surface area contributed by atoms with Gasteiger partial charge in [-0.3, -0.25) is 9.71 Å². The molecule has 1 unspecified atom stereocenters. The number of fused-ring (bicyclic) bond motifs is 1. The van der Waals surface area contributed by atoms with E-state index in [2.05, 4.69) is 21.1 Å². The molecule has 1 heterocycles. The van der Waals surface area contributed by atoms with Crippen molar-refractivity contribution in [2.24, 2.45) is 0 Å². The third-order valence-electron chi connectivity index (χ3n) is 5.41. The Morgan fingerprint density at radius 3 is 2.59 bits per heavy atom. The number of aromatic nitrogens is 1. The van der Waals surface area contributed by atoms with E-state index in [1.54, 1.807) is 42.5 Å². The number of para-hydroxylation sites is 1. The van der Waals surface area contributed by atoms with Crippen molar-refractivity contribution < 1.29 is 13.5 Å². The molecular weight excluding hydrogens is 448 g/mol. The molecule has 1 atom stereocenters. The first kappa shape index (κ1) is 23.4. The lowest BCUT2D eigenvalue weighted by Crippen LogP contribution is -2.23. The topological polar surface area (TPSA) is 115 Å². The van der Waals surface area contributed by atoms with Crippen molar-refractivity contribution in [2.75, 3.05) is 17.8 Å². The van der Waals surface area contributed by atoms with Crippen LogP contribution in [0.15, 0.2) is 90.0 Å². The van der Waals surface area contributed by atoms with Gasteiger partial charge in [0, 0.05) is 23.8 Å². The van der Waals surface area contributed by atoms with Crippen molar-refractivity contribution >= 4 is 26.6 Å². The van der Waals surface area contributed by atoms with E-state index in [9.17, 15) is 13.5 Å². The number of sulfonamides is 1. The maximum atomic E-state index is 12.8. The minimum absolute atomic E-state index is 0.110. The zero-order valence-corrected chi connectivity index (χ0v) is 19.2. The minimum atomic E-state index is -3.75. The first-order chi connectivity index (χ1) is 16.4. The van der Waals surface area contributed by atoms with Gasteiger partial charge in [-0.1, -0.05) is 42.5 Å². The van der Waals surface area contributed by atoms with Gasteiger partial charge in [-0.2, -0.15) is 5.26 Å². The molecule has 3 N–H and O–H groups in total. The summed E-state index contributed by atoms with van der Waals surface area (Å²) in [5, 5.41) is 23.2. The van der Waals surface area contributed by atoms with Crippen LogP contribution < -0.4 is 10.0 Å². The largest absolute Gasteiger partial charge is 0.387 e. The SMILES string of the molecule is N#Cc1cccc(C(O)CNCCc2ccc(NS(=O)(=O)c3cnc4ccccc4c3)cc2)c1. The van der Waals surface area contributed by atoms with Gasteiger partial charge in [0.1, 0.15) is 4.90 Å². The van der Waals surface area contributed by atoms with E-state index < -0.39 is 16.1 Å². The summed E-state index contributed by atoms with van der Waals surface area (Å²) in [6.45, 7) is 1.01. The van der Waals surface area contributed by atoms with E-state index in [0.29, 0.717) is 36.3 Å². The van der Waals surface area contributed by atoms with Crippen molar-refractivity contribution in [3.63, 3.8) is 0 Å². The Morgan fingerprint density at radius 2 is 1.79 bits per heavy atom. The predicted octanol–water partition coefficient (Wildman–Crippen LogP) is 3.77. The van der Waals surface area contributed by atoms with Crippen molar-refractivity contribution in [3.8, 4) is 6.07 Å². The molecule has 4 rings (SSSR count). The molecule has 172 valence electrons. The van der Waals surface area contributed by atoms with Crippen LogP contribution in [0.2, 0.25) is 0 Å². The molecule has 8 heteroatoms. The number of benzene rings is 3. The quantitative estimate of drug-likeness (QED) is 0.320. The van der Waals surface area contributed by atoms with Gasteiger partial charge in [0.2, 0.25) is 0 Å². The fourth-order valence-electron chi connectivity index (χ4n) is 3.56. The lowest BCUT2D eigenvalue weighted by atomic mass is 10.1. The van der Waals surface area contributed by atoms with Gasteiger partial charge in [-0.25, -0.2) is 8.42 Å². The number of rotatable bonds is 9. The highest BCUT2D eigenvalue weighted by molar-refractivity contribution is 7.92. The highest BCUT2D eigenvalue weighted by Gasteiger charge is 2.15. The third-order valence-corrected chi connectivity index (χ3v) is 6.76. The van der Waals surface area contributed by atoms with E-state index >= 15 is 0 Å². The van der Waals surface area contributed by atoms with Gasteiger partial charge in [0.25, 0.3) is 10.0 Å². The average molecular weight is 473 g/mol. The monoisotopic (exact) mass is 472 g/mol. The van der Waals surface area contributed by atoms with Gasteiger partial charge in [-0.15, -0.1) is 0 Å². The Labute approximate surface area is 198 Å². The maximum Gasteiger partial charge on any atom is 0.263 e. The van der Waals surface area contributed by atoms with Crippen LogP contribution in [0.5, 0.6) is 0 Å². The van der Waals surface area contributed by atoms with E-state index in [1.807, 2.05) is 36.4 Å². The normalized spacial score (nSPS) is 12.2. The smallest absolute Gasteiger partial charge is 0.263 e. The van der Waals surface area contributed by atoms with E-state index in [-0.39, 0.29) is 4.90 Å². The first-order valence-corrected chi connectivity index (χ1v) is 12.3. The Hall–Kier alpha value is -3.77. The van der Waals surface area contributed by atoms with Gasteiger partial charge in [0.05, 0.1) is 23.3 Å². The van der Waals surface area contributed by atoms with Gasteiger partial charge < -0.3 is 10.4 Å². The van der Waals surface area contributed by atoms with Crippen molar-refractivity contribution in [3.05, 3.63) is 102 Å². The molecule has 0 amide bonds. The summed E-state index contributed by atoms with van der Waals surface area (Å²) in [4.78, 5) is 4.34. The number of aliphatic hydroxyl groups excluding tert-OH is 1. The number of hydrogen-bond acceptors (Lipinski definition) is 6. The highest BCUT2D eigenvalue weighted by atomic mass is 32.2. The molecule has 0 saturated heterocycles. The number of nitrogens with one attached hydrogen (secondary N) is 2. The van der Waals surface area contributed by atoms with Gasteiger partial charge in [-0.05, 0) is 60.5 Å². The molecule has 0 bridgehead atoms. The Bertz CT molecular complexity index is 1430. The average Bonchev–Trinajstić information content (AvgIpc) is 2.87. The Kier molecular flexibility index (Phi) is 7.18. The first-order valence-electron chi connectivity index (χ1n) is 10.8.